The number of hydrogen-bond donors (Lipinski definition) is 2. The predicted octanol–water partition coefficient (Wildman–Crippen LogP) is 4.65. The van der Waals surface area contributed by atoms with E-state index < -0.39 is 0 Å². The van der Waals surface area contributed by atoms with Crippen LogP contribution in [0, 0.1) is 5.92 Å². The molecule has 3 aromatic rings. The number of rotatable bonds is 10. The molecule has 0 saturated heterocycles. The van der Waals surface area contributed by atoms with Crippen molar-refractivity contribution >= 4 is 40.1 Å². The fourth-order valence-corrected chi connectivity index (χ4v) is 3.59. The molecule has 0 unspecified atom stereocenters. The van der Waals surface area contributed by atoms with E-state index in [0.29, 0.717) is 34.9 Å². The molecule has 0 spiro atoms. The maximum absolute atomic E-state index is 12.1. The van der Waals surface area contributed by atoms with Crippen LogP contribution in [0.3, 0.4) is 0 Å². The number of carbonyl (C=O) groups is 1. The van der Waals surface area contributed by atoms with Gasteiger partial charge >= 0.3 is 0 Å². The van der Waals surface area contributed by atoms with Crippen molar-refractivity contribution in [1.29, 1.82) is 0 Å². The van der Waals surface area contributed by atoms with E-state index in [9.17, 15) is 4.79 Å². The standard InChI is InChI=1S/C23H28N4O3S/c1-15(2)9-10-24-21(28)14-31-23-26-20-8-6-5-7-19(20)22(27-23)25-16-11-17(29-3)13-18(12-16)30-4/h5-8,11-13,15H,9-10,14H2,1-4H3,(H,24,28)(H,25,26,27). The topological polar surface area (TPSA) is 85.4 Å². The summed E-state index contributed by atoms with van der Waals surface area (Å²) >= 11 is 1.32. The van der Waals surface area contributed by atoms with Gasteiger partial charge in [0.15, 0.2) is 5.16 Å². The summed E-state index contributed by atoms with van der Waals surface area (Å²) in [7, 11) is 3.22. The molecule has 0 fully saturated rings. The van der Waals surface area contributed by atoms with Gasteiger partial charge in [-0.05, 0) is 24.5 Å². The number of aromatic nitrogens is 2. The normalized spacial score (nSPS) is 10.9. The second-order valence-corrected chi connectivity index (χ2v) is 8.36. The lowest BCUT2D eigenvalue weighted by atomic mass is 10.1. The summed E-state index contributed by atoms with van der Waals surface area (Å²) in [6.45, 7) is 4.95. The molecular formula is C23H28N4O3S. The van der Waals surface area contributed by atoms with Crippen LogP contribution in [0.5, 0.6) is 11.5 Å². The zero-order valence-electron chi connectivity index (χ0n) is 18.3. The van der Waals surface area contributed by atoms with Crippen molar-refractivity contribution < 1.29 is 14.3 Å². The molecule has 31 heavy (non-hydrogen) atoms. The summed E-state index contributed by atoms with van der Waals surface area (Å²) in [5.74, 6) is 2.81. The molecule has 3 rings (SSSR count). The van der Waals surface area contributed by atoms with Crippen LogP contribution in [0.2, 0.25) is 0 Å². The Morgan fingerprint density at radius 2 is 1.77 bits per heavy atom. The molecule has 2 N–H and O–H groups in total. The maximum atomic E-state index is 12.1. The Kier molecular flexibility index (Phi) is 7.94. The molecule has 0 aliphatic heterocycles. The van der Waals surface area contributed by atoms with Gasteiger partial charge in [-0.1, -0.05) is 37.7 Å². The predicted molar refractivity (Wildman–Crippen MR) is 126 cm³/mol. The summed E-state index contributed by atoms with van der Waals surface area (Å²) in [5.41, 5.74) is 1.58. The third-order valence-electron chi connectivity index (χ3n) is 4.57. The van der Waals surface area contributed by atoms with E-state index >= 15 is 0 Å². The first kappa shape index (κ1) is 22.7. The highest BCUT2D eigenvalue weighted by atomic mass is 32.2. The maximum Gasteiger partial charge on any atom is 0.230 e. The van der Waals surface area contributed by atoms with Gasteiger partial charge in [0.1, 0.15) is 17.3 Å². The van der Waals surface area contributed by atoms with Gasteiger partial charge < -0.3 is 20.1 Å². The lowest BCUT2D eigenvalue weighted by Gasteiger charge is -2.13. The number of amides is 1. The molecule has 164 valence electrons. The monoisotopic (exact) mass is 440 g/mol. The minimum Gasteiger partial charge on any atom is -0.497 e. The average Bonchev–Trinajstić information content (AvgIpc) is 2.77. The number of fused-ring (bicyclic) bond motifs is 1. The number of para-hydroxylation sites is 1. The van der Waals surface area contributed by atoms with Crippen LogP contribution in [0.4, 0.5) is 11.5 Å². The van der Waals surface area contributed by atoms with Gasteiger partial charge in [-0.25, -0.2) is 9.97 Å². The Bertz CT molecular complexity index is 1020. The number of ether oxygens (including phenoxy) is 2. The molecule has 7 nitrogen and oxygen atoms in total. The molecule has 1 aromatic heterocycles. The largest absolute Gasteiger partial charge is 0.497 e. The molecule has 8 heteroatoms. The first-order chi connectivity index (χ1) is 15.0. The molecule has 1 heterocycles. The third-order valence-corrected chi connectivity index (χ3v) is 5.42. The van der Waals surface area contributed by atoms with Crippen LogP contribution in [-0.2, 0) is 4.79 Å². The van der Waals surface area contributed by atoms with Crippen LogP contribution >= 0.6 is 11.8 Å². The first-order valence-corrected chi connectivity index (χ1v) is 11.1. The molecule has 0 bridgehead atoms. The lowest BCUT2D eigenvalue weighted by Crippen LogP contribution is -2.27. The van der Waals surface area contributed by atoms with Crippen molar-refractivity contribution in [2.75, 3.05) is 31.8 Å². The van der Waals surface area contributed by atoms with Gasteiger partial charge in [-0.2, -0.15) is 0 Å². The summed E-state index contributed by atoms with van der Waals surface area (Å²) in [5, 5.41) is 7.71. The Balaban J connectivity index is 1.80. The van der Waals surface area contributed by atoms with Crippen molar-refractivity contribution in [3.05, 3.63) is 42.5 Å². The molecule has 0 aliphatic rings. The number of nitrogens with one attached hydrogen (secondary N) is 2. The zero-order valence-corrected chi connectivity index (χ0v) is 19.1. The SMILES string of the molecule is COc1cc(Nc2nc(SCC(=O)NCCC(C)C)nc3ccccc23)cc(OC)c1. The number of anilines is 2. The second-order valence-electron chi connectivity index (χ2n) is 7.42. The van der Waals surface area contributed by atoms with Crippen molar-refractivity contribution in [2.45, 2.75) is 25.4 Å². The second kappa shape index (κ2) is 10.9. The van der Waals surface area contributed by atoms with Crippen molar-refractivity contribution in [1.82, 2.24) is 15.3 Å². The molecule has 0 saturated carbocycles. The van der Waals surface area contributed by atoms with Crippen LogP contribution in [0.15, 0.2) is 47.6 Å². The van der Waals surface area contributed by atoms with Gasteiger partial charge in [0.05, 0.1) is 25.5 Å². The van der Waals surface area contributed by atoms with E-state index in [1.54, 1.807) is 14.2 Å². The Hall–Kier alpha value is -3.00. The van der Waals surface area contributed by atoms with Crippen molar-refractivity contribution in [3.8, 4) is 11.5 Å². The molecular weight excluding hydrogens is 412 g/mol. The highest BCUT2D eigenvalue weighted by molar-refractivity contribution is 7.99. The van der Waals surface area contributed by atoms with Gasteiger partial charge in [0.2, 0.25) is 5.91 Å². The van der Waals surface area contributed by atoms with E-state index in [0.717, 1.165) is 23.0 Å². The Labute approximate surface area is 187 Å². The Morgan fingerprint density at radius 3 is 2.45 bits per heavy atom. The van der Waals surface area contributed by atoms with Gasteiger partial charge in [0, 0.05) is 35.8 Å². The highest BCUT2D eigenvalue weighted by Gasteiger charge is 2.12. The van der Waals surface area contributed by atoms with Crippen LogP contribution in [0.25, 0.3) is 10.9 Å². The van der Waals surface area contributed by atoms with Crippen molar-refractivity contribution in [3.63, 3.8) is 0 Å². The van der Waals surface area contributed by atoms with Crippen LogP contribution in [0.1, 0.15) is 20.3 Å². The van der Waals surface area contributed by atoms with Gasteiger partial charge in [-0.15, -0.1) is 0 Å². The number of nitrogens with zero attached hydrogens (tertiary/aromatic N) is 2. The molecule has 1 amide bonds. The zero-order chi connectivity index (χ0) is 22.2. The molecule has 0 aliphatic carbocycles. The van der Waals surface area contributed by atoms with Gasteiger partial charge in [0.25, 0.3) is 0 Å². The first-order valence-electron chi connectivity index (χ1n) is 10.1. The van der Waals surface area contributed by atoms with Crippen LogP contribution in [-0.4, -0.2) is 42.4 Å². The van der Waals surface area contributed by atoms with E-state index in [4.69, 9.17) is 9.47 Å². The Morgan fingerprint density at radius 1 is 1.06 bits per heavy atom. The van der Waals surface area contributed by atoms with Crippen molar-refractivity contribution in [2.24, 2.45) is 5.92 Å². The highest BCUT2D eigenvalue weighted by Crippen LogP contribution is 2.31. The molecule has 0 radical (unpaired) electrons. The molecule has 2 aromatic carbocycles. The number of benzene rings is 2. The smallest absolute Gasteiger partial charge is 0.230 e. The lowest BCUT2D eigenvalue weighted by molar-refractivity contribution is -0.118. The minimum absolute atomic E-state index is 0.0190. The number of methoxy groups -OCH3 is 2. The van der Waals surface area contributed by atoms with Crippen LogP contribution < -0.4 is 20.1 Å². The summed E-state index contributed by atoms with van der Waals surface area (Å²) < 4.78 is 10.7. The third kappa shape index (κ3) is 6.49. The van der Waals surface area contributed by atoms with E-state index in [1.165, 1.54) is 11.8 Å². The number of thioether (sulfide) groups is 1. The van der Waals surface area contributed by atoms with E-state index in [-0.39, 0.29) is 11.7 Å². The molecule has 0 atom stereocenters. The van der Waals surface area contributed by atoms with E-state index in [2.05, 4.69) is 34.4 Å². The summed E-state index contributed by atoms with van der Waals surface area (Å²) in [4.78, 5) is 21.4. The number of hydrogen-bond acceptors (Lipinski definition) is 7. The summed E-state index contributed by atoms with van der Waals surface area (Å²) in [6, 6.07) is 13.3. The minimum atomic E-state index is -0.0190. The van der Waals surface area contributed by atoms with E-state index in [1.807, 2.05) is 42.5 Å². The average molecular weight is 441 g/mol. The fourth-order valence-electron chi connectivity index (χ4n) is 2.91. The van der Waals surface area contributed by atoms with Gasteiger partial charge in [-0.3, -0.25) is 4.79 Å². The quantitative estimate of drug-likeness (QED) is 0.351. The fraction of sp³-hybridized carbons (Fsp3) is 0.348. The number of carbonyl (C=O) groups excluding carboxylic acids is 1. The summed E-state index contributed by atoms with van der Waals surface area (Å²) in [6.07, 6.45) is 0.959.